The number of carbonyl (C=O) groups excluding carboxylic acids is 2. The Labute approximate surface area is 134 Å². The van der Waals surface area contributed by atoms with Crippen LogP contribution in [0.4, 0.5) is 0 Å². The molecule has 2 N–H and O–H groups in total. The molecule has 22 heavy (non-hydrogen) atoms. The van der Waals surface area contributed by atoms with Gasteiger partial charge in [-0.3, -0.25) is 9.59 Å². The van der Waals surface area contributed by atoms with Gasteiger partial charge in [-0.15, -0.1) is 0 Å². The third-order valence-electron chi connectivity index (χ3n) is 3.82. The van der Waals surface area contributed by atoms with Gasteiger partial charge in [0.05, 0.1) is 0 Å². The average Bonchev–Trinajstić information content (AvgIpc) is 2.48. The predicted molar refractivity (Wildman–Crippen MR) is 85.8 cm³/mol. The van der Waals surface area contributed by atoms with Gasteiger partial charge >= 0.3 is 0 Å². The molecule has 0 aromatic carbocycles. The van der Waals surface area contributed by atoms with E-state index in [1.54, 1.807) is 0 Å². The Balaban J connectivity index is 1.87. The third kappa shape index (κ3) is 4.43. The number of rotatable bonds is 5. The summed E-state index contributed by atoms with van der Waals surface area (Å²) < 4.78 is 0. The SMILES string of the molecule is CSc1nc(C)c(CCC(=O)NC2CCC(=O)NC2)c(C)n1. The highest BCUT2D eigenvalue weighted by Gasteiger charge is 2.19. The molecule has 2 heterocycles. The summed E-state index contributed by atoms with van der Waals surface area (Å²) in [4.78, 5) is 32.0. The van der Waals surface area contributed by atoms with E-state index in [0.717, 1.165) is 22.1 Å². The zero-order valence-electron chi connectivity index (χ0n) is 13.2. The summed E-state index contributed by atoms with van der Waals surface area (Å²) in [6.07, 6.45) is 4.18. The first kappa shape index (κ1) is 16.7. The lowest BCUT2D eigenvalue weighted by Crippen LogP contribution is -2.47. The number of carbonyl (C=O) groups is 2. The number of hydrogen-bond acceptors (Lipinski definition) is 5. The molecule has 1 aromatic heterocycles. The Morgan fingerprint density at radius 3 is 2.59 bits per heavy atom. The number of nitrogens with zero attached hydrogens (tertiary/aromatic N) is 2. The molecule has 0 spiro atoms. The fourth-order valence-corrected chi connectivity index (χ4v) is 3.01. The highest BCUT2D eigenvalue weighted by atomic mass is 32.2. The van der Waals surface area contributed by atoms with Crippen LogP contribution in [0.5, 0.6) is 0 Å². The molecule has 1 aliphatic rings. The number of nitrogens with one attached hydrogen (secondary N) is 2. The normalized spacial score (nSPS) is 18.0. The lowest BCUT2D eigenvalue weighted by Gasteiger charge is -2.23. The van der Waals surface area contributed by atoms with Gasteiger partial charge in [0, 0.05) is 36.8 Å². The van der Waals surface area contributed by atoms with E-state index >= 15 is 0 Å². The highest BCUT2D eigenvalue weighted by Crippen LogP contribution is 2.17. The molecule has 1 saturated heterocycles. The first-order valence-electron chi connectivity index (χ1n) is 7.43. The van der Waals surface area contributed by atoms with Crippen LogP contribution in [0.25, 0.3) is 0 Å². The molecule has 6 nitrogen and oxygen atoms in total. The Hall–Kier alpha value is -1.63. The molecule has 0 saturated carbocycles. The number of aryl methyl sites for hydroxylation is 2. The zero-order chi connectivity index (χ0) is 16.1. The molecular weight excluding hydrogens is 300 g/mol. The van der Waals surface area contributed by atoms with E-state index < -0.39 is 0 Å². The van der Waals surface area contributed by atoms with Gasteiger partial charge in [0.15, 0.2) is 5.16 Å². The van der Waals surface area contributed by atoms with Crippen LogP contribution in [0.2, 0.25) is 0 Å². The van der Waals surface area contributed by atoms with E-state index in [9.17, 15) is 9.59 Å². The Bertz CT molecular complexity index is 544. The zero-order valence-corrected chi connectivity index (χ0v) is 14.0. The maximum absolute atomic E-state index is 12.0. The van der Waals surface area contributed by atoms with E-state index in [4.69, 9.17) is 0 Å². The molecule has 1 atom stereocenters. The second kappa shape index (κ2) is 7.58. The highest BCUT2D eigenvalue weighted by molar-refractivity contribution is 7.98. The van der Waals surface area contributed by atoms with Crippen LogP contribution < -0.4 is 10.6 Å². The van der Waals surface area contributed by atoms with E-state index in [2.05, 4.69) is 20.6 Å². The monoisotopic (exact) mass is 322 g/mol. The lowest BCUT2D eigenvalue weighted by molar-refractivity contribution is -0.125. The first-order valence-corrected chi connectivity index (χ1v) is 8.66. The van der Waals surface area contributed by atoms with Crippen molar-refractivity contribution in [3.05, 3.63) is 17.0 Å². The number of piperidine rings is 1. The van der Waals surface area contributed by atoms with Crippen LogP contribution in [0.15, 0.2) is 5.16 Å². The van der Waals surface area contributed by atoms with Gasteiger partial charge in [0.25, 0.3) is 0 Å². The Kier molecular flexibility index (Phi) is 5.76. The minimum absolute atomic E-state index is 0.00823. The molecule has 0 aliphatic carbocycles. The van der Waals surface area contributed by atoms with Crippen molar-refractivity contribution in [2.24, 2.45) is 0 Å². The molecule has 0 bridgehead atoms. The summed E-state index contributed by atoms with van der Waals surface area (Å²) in [6.45, 7) is 4.44. The van der Waals surface area contributed by atoms with Crippen molar-refractivity contribution >= 4 is 23.6 Å². The number of thioether (sulfide) groups is 1. The van der Waals surface area contributed by atoms with E-state index in [0.29, 0.717) is 32.2 Å². The molecule has 0 radical (unpaired) electrons. The van der Waals surface area contributed by atoms with Crippen LogP contribution in [0.1, 0.15) is 36.2 Å². The average molecular weight is 322 g/mol. The summed E-state index contributed by atoms with van der Waals surface area (Å²) in [5, 5.41) is 6.50. The van der Waals surface area contributed by atoms with Crippen LogP contribution in [-0.2, 0) is 16.0 Å². The van der Waals surface area contributed by atoms with Crippen molar-refractivity contribution in [3.8, 4) is 0 Å². The van der Waals surface area contributed by atoms with Crippen molar-refractivity contribution in [1.29, 1.82) is 0 Å². The quantitative estimate of drug-likeness (QED) is 0.627. The molecule has 120 valence electrons. The molecule has 1 unspecified atom stereocenters. The standard InChI is InChI=1S/C15H22N4O2S/c1-9-12(10(2)18-15(17-9)22-3)5-7-14(21)19-11-4-6-13(20)16-8-11/h11H,4-8H2,1-3H3,(H,16,20)(H,19,21). The van der Waals surface area contributed by atoms with Crippen LogP contribution in [0, 0.1) is 13.8 Å². The van der Waals surface area contributed by atoms with E-state index in [-0.39, 0.29) is 17.9 Å². The number of amides is 2. The van der Waals surface area contributed by atoms with Crippen LogP contribution in [0.3, 0.4) is 0 Å². The smallest absolute Gasteiger partial charge is 0.220 e. The summed E-state index contributed by atoms with van der Waals surface area (Å²) in [7, 11) is 0. The number of hydrogen-bond donors (Lipinski definition) is 2. The van der Waals surface area contributed by atoms with Gasteiger partial charge in [0.2, 0.25) is 11.8 Å². The topological polar surface area (TPSA) is 84.0 Å². The van der Waals surface area contributed by atoms with Crippen molar-refractivity contribution in [2.45, 2.75) is 50.7 Å². The first-order chi connectivity index (χ1) is 10.5. The Morgan fingerprint density at radius 2 is 2.05 bits per heavy atom. The van der Waals surface area contributed by atoms with Gasteiger partial charge in [-0.1, -0.05) is 11.8 Å². The van der Waals surface area contributed by atoms with Crippen LogP contribution in [-0.4, -0.2) is 40.6 Å². The van der Waals surface area contributed by atoms with Gasteiger partial charge in [-0.2, -0.15) is 0 Å². The van der Waals surface area contributed by atoms with Crippen molar-refractivity contribution in [1.82, 2.24) is 20.6 Å². The molecule has 2 amide bonds. The summed E-state index contributed by atoms with van der Waals surface area (Å²) in [6, 6.07) is 0.0440. The molecule has 1 fully saturated rings. The second-order valence-corrected chi connectivity index (χ2v) is 6.24. The molecule has 1 aliphatic heterocycles. The van der Waals surface area contributed by atoms with Gasteiger partial charge in [-0.05, 0) is 38.5 Å². The fraction of sp³-hybridized carbons (Fsp3) is 0.600. The number of aromatic nitrogens is 2. The fourth-order valence-electron chi connectivity index (χ4n) is 2.56. The van der Waals surface area contributed by atoms with Crippen molar-refractivity contribution in [2.75, 3.05) is 12.8 Å². The maximum Gasteiger partial charge on any atom is 0.220 e. The molecule has 7 heteroatoms. The summed E-state index contributed by atoms with van der Waals surface area (Å²) in [5.74, 6) is 0.0664. The van der Waals surface area contributed by atoms with E-state index in [1.807, 2.05) is 20.1 Å². The Morgan fingerprint density at radius 1 is 1.36 bits per heavy atom. The summed E-state index contributed by atoms with van der Waals surface area (Å²) in [5.41, 5.74) is 2.93. The third-order valence-corrected chi connectivity index (χ3v) is 4.36. The van der Waals surface area contributed by atoms with Crippen molar-refractivity contribution in [3.63, 3.8) is 0 Å². The van der Waals surface area contributed by atoms with Gasteiger partial charge in [0.1, 0.15) is 0 Å². The molecule has 2 rings (SSSR count). The molecule has 1 aromatic rings. The minimum atomic E-state index is 0.00823. The van der Waals surface area contributed by atoms with Crippen LogP contribution >= 0.6 is 11.8 Å². The predicted octanol–water partition coefficient (Wildman–Crippen LogP) is 1.14. The largest absolute Gasteiger partial charge is 0.354 e. The minimum Gasteiger partial charge on any atom is -0.354 e. The maximum atomic E-state index is 12.0. The second-order valence-electron chi connectivity index (χ2n) is 5.47. The van der Waals surface area contributed by atoms with Gasteiger partial charge in [-0.25, -0.2) is 9.97 Å². The van der Waals surface area contributed by atoms with E-state index in [1.165, 1.54) is 11.8 Å². The van der Waals surface area contributed by atoms with Crippen molar-refractivity contribution < 1.29 is 9.59 Å². The lowest BCUT2D eigenvalue weighted by atomic mass is 10.0. The summed E-state index contributed by atoms with van der Waals surface area (Å²) >= 11 is 1.52. The molecular formula is C15H22N4O2S. The van der Waals surface area contributed by atoms with Gasteiger partial charge < -0.3 is 10.6 Å².